The molecule has 0 aliphatic carbocycles. The second-order valence-corrected chi connectivity index (χ2v) is 3.00. The minimum atomic E-state index is -0.805. The van der Waals surface area contributed by atoms with Crippen LogP contribution < -0.4 is 16.1 Å². The molecular formula is C7H6BrNO4. The number of hydrogen-bond acceptors (Lipinski definition) is 4. The highest BCUT2D eigenvalue weighted by Crippen LogP contribution is 2.20. The number of amides is 1. The van der Waals surface area contributed by atoms with Crippen molar-refractivity contribution in [2.24, 2.45) is 5.73 Å². The SMILES string of the molecule is COc1c(Br)cc(C(N)=O)oc1=O. The maximum Gasteiger partial charge on any atom is 0.380 e. The molecule has 1 amide bonds. The van der Waals surface area contributed by atoms with Crippen LogP contribution in [0.2, 0.25) is 0 Å². The molecule has 13 heavy (non-hydrogen) atoms. The monoisotopic (exact) mass is 247 g/mol. The predicted molar refractivity (Wildman–Crippen MR) is 47.7 cm³/mol. The van der Waals surface area contributed by atoms with Gasteiger partial charge in [0.2, 0.25) is 5.75 Å². The van der Waals surface area contributed by atoms with Crippen LogP contribution in [-0.2, 0) is 0 Å². The van der Waals surface area contributed by atoms with E-state index in [9.17, 15) is 9.59 Å². The zero-order valence-electron chi connectivity index (χ0n) is 6.67. The molecule has 6 heteroatoms. The first-order valence-corrected chi connectivity index (χ1v) is 4.03. The molecule has 1 aromatic rings. The van der Waals surface area contributed by atoms with Crippen LogP contribution in [0.15, 0.2) is 19.8 Å². The molecule has 0 bridgehead atoms. The molecule has 0 saturated carbocycles. The van der Waals surface area contributed by atoms with Crippen molar-refractivity contribution in [3.8, 4) is 5.75 Å². The van der Waals surface area contributed by atoms with Crippen molar-refractivity contribution in [2.45, 2.75) is 0 Å². The topological polar surface area (TPSA) is 82.5 Å². The summed E-state index contributed by atoms with van der Waals surface area (Å²) in [5.41, 5.74) is 4.17. The molecule has 0 saturated heterocycles. The molecule has 5 nitrogen and oxygen atoms in total. The van der Waals surface area contributed by atoms with Gasteiger partial charge in [0.05, 0.1) is 11.6 Å². The predicted octanol–water partition coefficient (Wildman–Crippen LogP) is 0.510. The lowest BCUT2D eigenvalue weighted by Gasteiger charge is -2.01. The van der Waals surface area contributed by atoms with Gasteiger partial charge in [-0.25, -0.2) is 4.79 Å². The zero-order chi connectivity index (χ0) is 10.0. The lowest BCUT2D eigenvalue weighted by molar-refractivity contribution is 0.0968. The average molecular weight is 248 g/mol. The van der Waals surface area contributed by atoms with Gasteiger partial charge in [0.25, 0.3) is 5.91 Å². The lowest BCUT2D eigenvalue weighted by atomic mass is 10.4. The van der Waals surface area contributed by atoms with Gasteiger partial charge >= 0.3 is 5.63 Å². The summed E-state index contributed by atoms with van der Waals surface area (Å²) in [4.78, 5) is 21.7. The van der Waals surface area contributed by atoms with Gasteiger partial charge in [-0.3, -0.25) is 4.79 Å². The van der Waals surface area contributed by atoms with Gasteiger partial charge in [-0.1, -0.05) is 0 Å². The second kappa shape index (κ2) is 3.61. The first-order chi connectivity index (χ1) is 6.06. The van der Waals surface area contributed by atoms with Crippen LogP contribution in [0.1, 0.15) is 10.6 Å². The third kappa shape index (κ3) is 1.89. The van der Waals surface area contributed by atoms with Crippen LogP contribution in [0.3, 0.4) is 0 Å². The van der Waals surface area contributed by atoms with Gasteiger partial charge < -0.3 is 14.9 Å². The fourth-order valence-corrected chi connectivity index (χ4v) is 1.29. The second-order valence-electron chi connectivity index (χ2n) is 2.14. The Morgan fingerprint density at radius 3 is 2.69 bits per heavy atom. The third-order valence-electron chi connectivity index (χ3n) is 1.31. The normalized spacial score (nSPS) is 9.69. The van der Waals surface area contributed by atoms with E-state index in [1.54, 1.807) is 0 Å². The minimum Gasteiger partial charge on any atom is -0.489 e. The molecule has 0 fully saturated rings. The Morgan fingerprint density at radius 1 is 1.69 bits per heavy atom. The van der Waals surface area contributed by atoms with E-state index < -0.39 is 11.5 Å². The van der Waals surface area contributed by atoms with Crippen LogP contribution in [0.4, 0.5) is 0 Å². The van der Waals surface area contributed by atoms with Crippen molar-refractivity contribution in [1.82, 2.24) is 0 Å². The van der Waals surface area contributed by atoms with Gasteiger partial charge in [-0.2, -0.15) is 0 Å². The molecule has 1 aromatic heterocycles. The molecular weight excluding hydrogens is 242 g/mol. The van der Waals surface area contributed by atoms with Crippen molar-refractivity contribution in [3.63, 3.8) is 0 Å². The molecule has 2 N–H and O–H groups in total. The number of carbonyl (C=O) groups is 1. The minimum absolute atomic E-state index is 0.00463. The summed E-state index contributed by atoms with van der Waals surface area (Å²) in [5, 5.41) is 0. The van der Waals surface area contributed by atoms with E-state index in [-0.39, 0.29) is 11.5 Å². The summed E-state index contributed by atoms with van der Waals surface area (Å²) in [7, 11) is 1.32. The summed E-state index contributed by atoms with van der Waals surface area (Å²) < 4.78 is 9.60. The van der Waals surface area contributed by atoms with Crippen LogP contribution in [0.25, 0.3) is 0 Å². The highest BCUT2D eigenvalue weighted by Gasteiger charge is 2.12. The summed E-state index contributed by atoms with van der Waals surface area (Å²) in [6, 6.07) is 1.28. The standard InChI is InChI=1S/C7H6BrNO4/c1-12-5-3(8)2-4(6(9)10)13-7(5)11/h2H,1H3,(H2,9,10). The summed E-state index contributed by atoms with van der Waals surface area (Å²) in [5.74, 6) is -1.01. The molecule has 0 aliphatic heterocycles. The van der Waals surface area contributed by atoms with Gasteiger partial charge in [-0.05, 0) is 15.9 Å². The summed E-state index contributed by atoms with van der Waals surface area (Å²) >= 11 is 3.03. The number of primary amides is 1. The molecule has 0 aromatic carbocycles. The van der Waals surface area contributed by atoms with E-state index in [0.29, 0.717) is 4.47 Å². The average Bonchev–Trinajstić information content (AvgIpc) is 2.03. The quantitative estimate of drug-likeness (QED) is 0.826. The number of rotatable bonds is 2. The fourth-order valence-electron chi connectivity index (χ4n) is 0.756. The number of ether oxygens (including phenoxy) is 1. The fraction of sp³-hybridized carbons (Fsp3) is 0.143. The van der Waals surface area contributed by atoms with Crippen molar-refractivity contribution in [1.29, 1.82) is 0 Å². The highest BCUT2D eigenvalue weighted by molar-refractivity contribution is 9.10. The zero-order valence-corrected chi connectivity index (χ0v) is 8.25. The van der Waals surface area contributed by atoms with E-state index in [2.05, 4.69) is 20.3 Å². The van der Waals surface area contributed by atoms with Gasteiger partial charge in [0.15, 0.2) is 5.76 Å². The Bertz CT molecular complexity index is 398. The Labute approximate surface area is 81.6 Å². The van der Waals surface area contributed by atoms with Gasteiger partial charge in [-0.15, -0.1) is 0 Å². The highest BCUT2D eigenvalue weighted by atomic mass is 79.9. The number of methoxy groups -OCH3 is 1. The lowest BCUT2D eigenvalue weighted by Crippen LogP contribution is -2.15. The first-order valence-electron chi connectivity index (χ1n) is 3.23. The van der Waals surface area contributed by atoms with Crippen LogP contribution in [0, 0.1) is 0 Å². The molecule has 0 unspecified atom stereocenters. The molecule has 0 atom stereocenters. The van der Waals surface area contributed by atoms with E-state index in [1.807, 2.05) is 0 Å². The van der Waals surface area contributed by atoms with Crippen molar-refractivity contribution >= 4 is 21.8 Å². The summed E-state index contributed by atoms with van der Waals surface area (Å²) in [6.45, 7) is 0. The number of carbonyl (C=O) groups excluding carboxylic acids is 1. The Morgan fingerprint density at radius 2 is 2.31 bits per heavy atom. The smallest absolute Gasteiger partial charge is 0.380 e. The third-order valence-corrected chi connectivity index (χ3v) is 1.90. The maximum absolute atomic E-state index is 11.1. The molecule has 0 spiro atoms. The van der Waals surface area contributed by atoms with E-state index >= 15 is 0 Å². The van der Waals surface area contributed by atoms with Crippen molar-refractivity contribution < 1.29 is 13.9 Å². The number of halogens is 1. The van der Waals surface area contributed by atoms with E-state index in [0.717, 1.165) is 0 Å². The van der Waals surface area contributed by atoms with Gasteiger partial charge in [0.1, 0.15) is 0 Å². The van der Waals surface area contributed by atoms with Crippen molar-refractivity contribution in [3.05, 3.63) is 26.7 Å². The molecule has 0 radical (unpaired) electrons. The van der Waals surface area contributed by atoms with Crippen LogP contribution >= 0.6 is 15.9 Å². The molecule has 0 aliphatic rings. The largest absolute Gasteiger partial charge is 0.489 e. The van der Waals surface area contributed by atoms with Crippen molar-refractivity contribution in [2.75, 3.05) is 7.11 Å². The van der Waals surface area contributed by atoms with Gasteiger partial charge in [0, 0.05) is 6.07 Å². The Hall–Kier alpha value is -1.30. The Kier molecular flexibility index (Phi) is 2.72. The van der Waals surface area contributed by atoms with Crippen LogP contribution in [0.5, 0.6) is 5.75 Å². The van der Waals surface area contributed by atoms with Crippen LogP contribution in [-0.4, -0.2) is 13.0 Å². The van der Waals surface area contributed by atoms with E-state index in [4.69, 9.17) is 10.5 Å². The summed E-state index contributed by atoms with van der Waals surface area (Å²) in [6.07, 6.45) is 0. The number of hydrogen-bond donors (Lipinski definition) is 1. The molecule has 1 heterocycles. The molecule has 1 rings (SSSR count). The maximum atomic E-state index is 11.1. The number of nitrogens with two attached hydrogens (primary N) is 1. The molecule has 70 valence electrons. The van der Waals surface area contributed by atoms with E-state index in [1.165, 1.54) is 13.2 Å². The first kappa shape index (κ1) is 9.79. The Balaban J connectivity index is 3.37.